The normalized spacial score (nSPS) is 17.6. The van der Waals surface area contributed by atoms with Gasteiger partial charge in [-0.25, -0.2) is 15.0 Å². The summed E-state index contributed by atoms with van der Waals surface area (Å²) in [5.74, 6) is 2.68. The van der Waals surface area contributed by atoms with Crippen molar-refractivity contribution in [2.75, 3.05) is 18.8 Å². The van der Waals surface area contributed by atoms with Gasteiger partial charge < -0.3 is 15.4 Å². The third-order valence-corrected chi connectivity index (χ3v) is 7.43. The van der Waals surface area contributed by atoms with E-state index in [0.29, 0.717) is 46.5 Å². The highest BCUT2D eigenvalue weighted by Crippen LogP contribution is 2.41. The Balaban J connectivity index is 1.34. The Morgan fingerprint density at radius 2 is 1.95 bits per heavy atom. The van der Waals surface area contributed by atoms with E-state index in [0.717, 1.165) is 30.6 Å². The number of aromatic nitrogens is 4. The number of hydrogen-bond acceptors (Lipinski definition) is 6. The fraction of sp³-hybridized carbons (Fsp3) is 0.286. The molecular formula is C28H27ClN6O2. The number of anilines is 1. The summed E-state index contributed by atoms with van der Waals surface area (Å²) in [5, 5.41) is 0.477. The number of nitrogens with zero attached hydrogens (tertiary/aromatic N) is 5. The maximum atomic E-state index is 12.3. The molecule has 2 N–H and O–H groups in total. The van der Waals surface area contributed by atoms with Gasteiger partial charge in [0.2, 0.25) is 17.7 Å². The third-order valence-electron chi connectivity index (χ3n) is 7.12. The molecule has 1 aliphatic carbocycles. The number of nitrogen functional groups attached to an aromatic ring is 1. The SMILES string of the molecule is C=CC(=O)N1CCCC(c2nc(-c3ccc(Oc4cc(C5CC5)ccn4)cc3Cl)n3c(N)nccc23)C1. The van der Waals surface area contributed by atoms with Gasteiger partial charge in [0, 0.05) is 49.1 Å². The van der Waals surface area contributed by atoms with Crippen LogP contribution in [0.25, 0.3) is 16.9 Å². The lowest BCUT2D eigenvalue weighted by molar-refractivity contribution is -0.127. The molecule has 0 spiro atoms. The van der Waals surface area contributed by atoms with Crippen molar-refractivity contribution in [1.29, 1.82) is 0 Å². The molecule has 1 amide bonds. The van der Waals surface area contributed by atoms with Crippen LogP contribution in [0.3, 0.4) is 0 Å². The van der Waals surface area contributed by atoms with Crippen molar-refractivity contribution in [3.8, 4) is 23.0 Å². The van der Waals surface area contributed by atoms with Gasteiger partial charge in [-0.05, 0) is 67.5 Å². The molecule has 1 saturated heterocycles. The summed E-state index contributed by atoms with van der Waals surface area (Å²) in [6.07, 6.45) is 9.06. The van der Waals surface area contributed by atoms with Gasteiger partial charge in [-0.15, -0.1) is 0 Å². The number of pyridine rings is 1. The molecule has 1 saturated carbocycles. The number of benzene rings is 1. The Kier molecular flexibility index (Phi) is 6.04. The number of piperidine rings is 1. The lowest BCUT2D eigenvalue weighted by Gasteiger charge is -2.31. The first-order valence-electron chi connectivity index (χ1n) is 12.5. The zero-order valence-corrected chi connectivity index (χ0v) is 21.1. The molecule has 4 aromatic rings. The van der Waals surface area contributed by atoms with E-state index in [1.807, 2.05) is 39.6 Å². The molecule has 1 aromatic carbocycles. The van der Waals surface area contributed by atoms with Gasteiger partial charge >= 0.3 is 0 Å². The van der Waals surface area contributed by atoms with Crippen LogP contribution in [0.5, 0.6) is 11.6 Å². The second-order valence-corrected chi connectivity index (χ2v) is 10.0. The van der Waals surface area contributed by atoms with Crippen LogP contribution in [0, 0.1) is 0 Å². The van der Waals surface area contributed by atoms with Crippen molar-refractivity contribution in [2.45, 2.75) is 37.5 Å². The standard InChI is InChI=1S/C28H27ClN6O2/c1-2-25(36)34-13-3-4-19(16-34)26-23-10-12-32-28(30)35(23)27(33-26)21-8-7-20(15-22(21)29)37-24-14-18(9-11-31-24)17-5-6-17/h2,7-12,14-15,17,19H,1,3-6,13,16H2,(H2,30,32). The minimum absolute atomic E-state index is 0.0643. The van der Waals surface area contributed by atoms with Crippen LogP contribution in [0.1, 0.15) is 48.8 Å². The predicted molar refractivity (Wildman–Crippen MR) is 143 cm³/mol. The maximum absolute atomic E-state index is 12.3. The summed E-state index contributed by atoms with van der Waals surface area (Å²) in [5.41, 5.74) is 10.0. The summed E-state index contributed by atoms with van der Waals surface area (Å²) in [4.78, 5) is 27.7. The summed E-state index contributed by atoms with van der Waals surface area (Å²) >= 11 is 6.77. The van der Waals surface area contributed by atoms with E-state index in [4.69, 9.17) is 27.1 Å². The smallest absolute Gasteiger partial charge is 0.245 e. The Bertz CT molecular complexity index is 1510. The fourth-order valence-electron chi connectivity index (χ4n) is 5.11. The zero-order chi connectivity index (χ0) is 25.5. The van der Waals surface area contributed by atoms with Gasteiger partial charge in [0.25, 0.3) is 0 Å². The van der Waals surface area contributed by atoms with Gasteiger partial charge in [-0.3, -0.25) is 9.20 Å². The van der Waals surface area contributed by atoms with Crippen molar-refractivity contribution < 1.29 is 9.53 Å². The third kappa shape index (κ3) is 4.53. The van der Waals surface area contributed by atoms with E-state index in [9.17, 15) is 4.79 Å². The first-order valence-corrected chi connectivity index (χ1v) is 12.9. The lowest BCUT2D eigenvalue weighted by atomic mass is 9.94. The summed E-state index contributed by atoms with van der Waals surface area (Å²) in [6.45, 7) is 4.93. The van der Waals surface area contributed by atoms with Crippen LogP contribution < -0.4 is 10.5 Å². The van der Waals surface area contributed by atoms with E-state index >= 15 is 0 Å². The second kappa shape index (κ2) is 9.52. The summed E-state index contributed by atoms with van der Waals surface area (Å²) in [6, 6.07) is 11.4. The molecule has 1 aliphatic heterocycles. The monoisotopic (exact) mass is 514 g/mol. The Morgan fingerprint density at radius 3 is 2.73 bits per heavy atom. The number of ether oxygens (including phenoxy) is 1. The molecule has 2 fully saturated rings. The van der Waals surface area contributed by atoms with Gasteiger partial charge in [-0.2, -0.15) is 0 Å². The van der Waals surface area contributed by atoms with E-state index < -0.39 is 0 Å². The molecule has 8 nitrogen and oxygen atoms in total. The van der Waals surface area contributed by atoms with Crippen LogP contribution in [0.4, 0.5) is 5.95 Å². The predicted octanol–water partition coefficient (Wildman–Crippen LogP) is 5.59. The first-order chi connectivity index (χ1) is 18.0. The molecular weight excluding hydrogens is 488 g/mol. The number of carbonyl (C=O) groups excluding carboxylic acids is 1. The molecule has 0 bridgehead atoms. The summed E-state index contributed by atoms with van der Waals surface area (Å²) < 4.78 is 7.85. The minimum atomic E-state index is -0.0644. The Morgan fingerprint density at radius 1 is 1.11 bits per heavy atom. The average Bonchev–Trinajstić information content (AvgIpc) is 3.69. The number of nitrogens with two attached hydrogens (primary N) is 1. The fourth-order valence-corrected chi connectivity index (χ4v) is 5.36. The molecule has 9 heteroatoms. The van der Waals surface area contributed by atoms with Crippen molar-refractivity contribution in [2.24, 2.45) is 0 Å². The number of imidazole rings is 1. The molecule has 4 heterocycles. The first kappa shape index (κ1) is 23.5. The molecule has 2 aliphatic rings. The number of amides is 1. The molecule has 0 radical (unpaired) electrons. The Labute approximate surface area is 219 Å². The zero-order valence-electron chi connectivity index (χ0n) is 20.3. The van der Waals surface area contributed by atoms with Gasteiger partial charge in [0.15, 0.2) is 0 Å². The highest BCUT2D eigenvalue weighted by Gasteiger charge is 2.29. The van der Waals surface area contributed by atoms with E-state index in [-0.39, 0.29) is 11.8 Å². The van der Waals surface area contributed by atoms with Crippen molar-refractivity contribution in [3.05, 3.63) is 77.7 Å². The van der Waals surface area contributed by atoms with E-state index in [1.165, 1.54) is 24.5 Å². The topological polar surface area (TPSA) is 98.6 Å². The lowest BCUT2D eigenvalue weighted by Crippen LogP contribution is -2.38. The van der Waals surface area contributed by atoms with Gasteiger partial charge in [0.05, 0.1) is 16.2 Å². The number of carbonyl (C=O) groups is 1. The number of likely N-dealkylation sites (tertiary alicyclic amines) is 1. The largest absolute Gasteiger partial charge is 0.439 e. The average molecular weight is 515 g/mol. The number of rotatable bonds is 6. The highest BCUT2D eigenvalue weighted by atomic mass is 35.5. The molecule has 188 valence electrons. The molecule has 3 aromatic heterocycles. The van der Waals surface area contributed by atoms with Crippen molar-refractivity contribution >= 4 is 29.0 Å². The minimum Gasteiger partial charge on any atom is -0.439 e. The number of hydrogen-bond donors (Lipinski definition) is 1. The maximum Gasteiger partial charge on any atom is 0.245 e. The van der Waals surface area contributed by atoms with Crippen LogP contribution in [-0.4, -0.2) is 43.2 Å². The second-order valence-electron chi connectivity index (χ2n) is 9.62. The molecule has 37 heavy (non-hydrogen) atoms. The molecule has 1 unspecified atom stereocenters. The van der Waals surface area contributed by atoms with Gasteiger partial charge in [-0.1, -0.05) is 18.2 Å². The summed E-state index contributed by atoms with van der Waals surface area (Å²) in [7, 11) is 0. The van der Waals surface area contributed by atoms with Crippen LogP contribution >= 0.6 is 11.6 Å². The molecule has 6 rings (SSSR count). The molecule has 1 atom stereocenters. The van der Waals surface area contributed by atoms with Gasteiger partial charge in [0.1, 0.15) is 11.6 Å². The van der Waals surface area contributed by atoms with Crippen molar-refractivity contribution in [1.82, 2.24) is 24.3 Å². The van der Waals surface area contributed by atoms with Crippen LogP contribution in [0.2, 0.25) is 5.02 Å². The van der Waals surface area contributed by atoms with Crippen LogP contribution in [-0.2, 0) is 4.79 Å². The Hall–Kier alpha value is -3.91. The number of halogens is 1. The van der Waals surface area contributed by atoms with Crippen LogP contribution in [0.15, 0.2) is 61.4 Å². The van der Waals surface area contributed by atoms with E-state index in [1.54, 1.807) is 18.5 Å². The van der Waals surface area contributed by atoms with E-state index in [2.05, 4.69) is 16.5 Å². The quantitative estimate of drug-likeness (QED) is 0.337. The highest BCUT2D eigenvalue weighted by molar-refractivity contribution is 6.33. The van der Waals surface area contributed by atoms with Crippen molar-refractivity contribution in [3.63, 3.8) is 0 Å². The number of fused-ring (bicyclic) bond motifs is 1.